The van der Waals surface area contributed by atoms with Crippen molar-refractivity contribution in [2.24, 2.45) is 23.2 Å². The summed E-state index contributed by atoms with van der Waals surface area (Å²) < 4.78 is 0. The summed E-state index contributed by atoms with van der Waals surface area (Å²) in [5.41, 5.74) is 2.43. The average Bonchev–Trinajstić information content (AvgIpc) is 2.31. The monoisotopic (exact) mass is 248 g/mol. The maximum atomic E-state index is 2.63. The lowest BCUT2D eigenvalue weighted by Gasteiger charge is -2.49. The number of unbranched alkanes of at least 4 members (excludes halogenated alkanes) is 2. The van der Waals surface area contributed by atoms with Crippen LogP contribution in [0.3, 0.4) is 0 Å². The van der Waals surface area contributed by atoms with E-state index in [0.717, 1.165) is 17.8 Å². The van der Waals surface area contributed by atoms with Crippen LogP contribution in [0, 0.1) is 23.2 Å². The Morgan fingerprint density at radius 3 is 2.72 bits per heavy atom. The van der Waals surface area contributed by atoms with Gasteiger partial charge in [0.1, 0.15) is 0 Å². The molecular formula is C18H32. The highest BCUT2D eigenvalue weighted by Crippen LogP contribution is 2.53. The van der Waals surface area contributed by atoms with E-state index in [1.54, 1.807) is 0 Å². The molecular weight excluding hydrogens is 216 g/mol. The molecule has 0 saturated heterocycles. The number of hydrogen-bond donors (Lipinski definition) is 0. The molecule has 0 bridgehead atoms. The van der Waals surface area contributed by atoms with Crippen LogP contribution in [0.1, 0.15) is 79.1 Å². The van der Waals surface area contributed by atoms with Gasteiger partial charge in [-0.15, -0.1) is 0 Å². The van der Waals surface area contributed by atoms with Crippen molar-refractivity contribution in [1.82, 2.24) is 0 Å². The van der Waals surface area contributed by atoms with Gasteiger partial charge in [-0.05, 0) is 55.3 Å². The summed E-state index contributed by atoms with van der Waals surface area (Å²) in [6.07, 6.45) is 13.9. The van der Waals surface area contributed by atoms with Crippen molar-refractivity contribution in [3.8, 4) is 0 Å². The minimum Gasteiger partial charge on any atom is -0.0848 e. The topological polar surface area (TPSA) is 0 Å². The molecule has 0 nitrogen and oxygen atoms in total. The van der Waals surface area contributed by atoms with E-state index in [4.69, 9.17) is 0 Å². The van der Waals surface area contributed by atoms with E-state index in [1.165, 1.54) is 51.4 Å². The van der Waals surface area contributed by atoms with Gasteiger partial charge in [-0.1, -0.05) is 58.6 Å². The second kappa shape index (κ2) is 5.80. The van der Waals surface area contributed by atoms with Crippen LogP contribution in [0.5, 0.6) is 0 Å². The molecule has 0 aliphatic heterocycles. The highest BCUT2D eigenvalue weighted by molar-refractivity contribution is 5.17. The lowest BCUT2D eigenvalue weighted by molar-refractivity contribution is 0.0577. The van der Waals surface area contributed by atoms with Crippen molar-refractivity contribution in [2.45, 2.75) is 79.1 Å². The summed E-state index contributed by atoms with van der Waals surface area (Å²) in [6.45, 7) is 9.80. The fourth-order valence-electron chi connectivity index (χ4n) is 4.49. The standard InChI is InChI=1S/C18H32/c1-5-6-7-9-15-14(2)11-12-17-16(15)10-8-13-18(17,3)4/h9,14,16-17H,5-8,10-13H2,1-4H3/b15-9+. The number of hydrogen-bond acceptors (Lipinski definition) is 0. The Labute approximate surface area is 114 Å². The van der Waals surface area contributed by atoms with Gasteiger partial charge in [0, 0.05) is 0 Å². The summed E-state index contributed by atoms with van der Waals surface area (Å²) in [4.78, 5) is 0. The zero-order valence-corrected chi connectivity index (χ0v) is 13.0. The van der Waals surface area contributed by atoms with Gasteiger partial charge in [0.25, 0.3) is 0 Å². The van der Waals surface area contributed by atoms with Gasteiger partial charge in [-0.25, -0.2) is 0 Å². The molecule has 104 valence electrons. The minimum absolute atomic E-state index is 0.590. The van der Waals surface area contributed by atoms with Gasteiger partial charge >= 0.3 is 0 Å². The molecule has 2 rings (SSSR count). The Morgan fingerprint density at radius 1 is 1.22 bits per heavy atom. The molecule has 0 aromatic rings. The molecule has 0 aromatic carbocycles. The molecule has 3 atom stereocenters. The van der Waals surface area contributed by atoms with E-state index in [2.05, 4.69) is 33.8 Å². The van der Waals surface area contributed by atoms with Crippen LogP contribution in [-0.4, -0.2) is 0 Å². The molecule has 2 aliphatic rings. The third kappa shape index (κ3) is 2.83. The molecule has 0 heteroatoms. The van der Waals surface area contributed by atoms with Gasteiger partial charge in [0.2, 0.25) is 0 Å². The predicted molar refractivity (Wildman–Crippen MR) is 80.6 cm³/mol. The van der Waals surface area contributed by atoms with E-state index in [0.29, 0.717) is 5.41 Å². The Balaban J connectivity index is 2.14. The smallest absolute Gasteiger partial charge is 0.0167 e. The highest BCUT2D eigenvalue weighted by atomic mass is 14.5. The second-order valence-electron chi connectivity index (χ2n) is 7.42. The first-order chi connectivity index (χ1) is 8.56. The summed E-state index contributed by atoms with van der Waals surface area (Å²) in [6, 6.07) is 0. The quantitative estimate of drug-likeness (QED) is 0.426. The molecule has 0 N–H and O–H groups in total. The van der Waals surface area contributed by atoms with Crippen molar-refractivity contribution in [2.75, 3.05) is 0 Å². The summed E-state index contributed by atoms with van der Waals surface area (Å²) in [7, 11) is 0. The van der Waals surface area contributed by atoms with Gasteiger partial charge in [0.05, 0.1) is 0 Å². The largest absolute Gasteiger partial charge is 0.0848 e. The van der Waals surface area contributed by atoms with Gasteiger partial charge < -0.3 is 0 Å². The van der Waals surface area contributed by atoms with Crippen molar-refractivity contribution >= 4 is 0 Å². The van der Waals surface area contributed by atoms with E-state index < -0.39 is 0 Å². The van der Waals surface area contributed by atoms with Crippen LogP contribution in [0.4, 0.5) is 0 Å². The summed E-state index contributed by atoms with van der Waals surface area (Å²) in [5.74, 6) is 2.75. The normalized spacial score (nSPS) is 37.6. The lowest BCUT2D eigenvalue weighted by Crippen LogP contribution is -2.40. The van der Waals surface area contributed by atoms with Crippen LogP contribution in [0.15, 0.2) is 11.6 Å². The summed E-state index contributed by atoms with van der Waals surface area (Å²) in [5, 5.41) is 0. The maximum Gasteiger partial charge on any atom is -0.0167 e. The number of fused-ring (bicyclic) bond motifs is 1. The highest BCUT2D eigenvalue weighted by Gasteiger charge is 2.43. The van der Waals surface area contributed by atoms with Crippen molar-refractivity contribution in [1.29, 1.82) is 0 Å². The first-order valence-electron chi connectivity index (χ1n) is 8.26. The van der Waals surface area contributed by atoms with E-state index in [9.17, 15) is 0 Å². The van der Waals surface area contributed by atoms with Crippen LogP contribution in [0.25, 0.3) is 0 Å². The number of allylic oxidation sites excluding steroid dienone is 2. The second-order valence-corrected chi connectivity index (χ2v) is 7.42. The molecule has 0 amide bonds. The van der Waals surface area contributed by atoms with Crippen LogP contribution in [-0.2, 0) is 0 Å². The third-order valence-electron chi connectivity index (χ3n) is 5.67. The molecule has 18 heavy (non-hydrogen) atoms. The number of rotatable bonds is 3. The predicted octanol–water partition coefficient (Wildman–Crippen LogP) is 5.98. The Kier molecular flexibility index (Phi) is 4.56. The molecule has 0 radical (unpaired) electrons. The minimum atomic E-state index is 0.590. The SMILES string of the molecule is CCCC/C=C1\C(C)CCC2C1CCCC2(C)C. The maximum absolute atomic E-state index is 2.63. The lowest BCUT2D eigenvalue weighted by atomic mass is 9.56. The molecule has 2 fully saturated rings. The van der Waals surface area contributed by atoms with Gasteiger partial charge in [-0.3, -0.25) is 0 Å². The molecule has 0 spiro atoms. The fraction of sp³-hybridized carbons (Fsp3) is 0.889. The summed E-state index contributed by atoms with van der Waals surface area (Å²) >= 11 is 0. The Morgan fingerprint density at radius 2 is 2.00 bits per heavy atom. The van der Waals surface area contributed by atoms with Gasteiger partial charge in [0.15, 0.2) is 0 Å². The van der Waals surface area contributed by atoms with E-state index in [-0.39, 0.29) is 0 Å². The van der Waals surface area contributed by atoms with E-state index in [1.807, 2.05) is 5.57 Å². The first-order valence-corrected chi connectivity index (χ1v) is 8.26. The third-order valence-corrected chi connectivity index (χ3v) is 5.67. The fourth-order valence-corrected chi connectivity index (χ4v) is 4.49. The molecule has 2 aliphatic carbocycles. The first kappa shape index (κ1) is 14.2. The molecule has 0 aromatic heterocycles. The van der Waals surface area contributed by atoms with Crippen LogP contribution in [0.2, 0.25) is 0 Å². The van der Waals surface area contributed by atoms with Gasteiger partial charge in [-0.2, -0.15) is 0 Å². The average molecular weight is 248 g/mol. The van der Waals surface area contributed by atoms with E-state index >= 15 is 0 Å². The van der Waals surface area contributed by atoms with Crippen molar-refractivity contribution in [3.63, 3.8) is 0 Å². The zero-order valence-electron chi connectivity index (χ0n) is 13.0. The van der Waals surface area contributed by atoms with Crippen LogP contribution >= 0.6 is 0 Å². The van der Waals surface area contributed by atoms with Crippen molar-refractivity contribution < 1.29 is 0 Å². The molecule has 0 heterocycles. The van der Waals surface area contributed by atoms with Crippen LogP contribution < -0.4 is 0 Å². The molecule has 3 unspecified atom stereocenters. The molecule has 2 saturated carbocycles. The Hall–Kier alpha value is -0.260. The zero-order chi connectivity index (χ0) is 13.2. The van der Waals surface area contributed by atoms with Crippen molar-refractivity contribution in [3.05, 3.63) is 11.6 Å². The Bertz CT molecular complexity index is 297.